The molecule has 1 heterocycles. The third kappa shape index (κ3) is 3.19. The minimum atomic E-state index is 0.0322. The smallest absolute Gasteiger partial charge is 0.226 e. The van der Waals surface area contributed by atoms with Gasteiger partial charge in [0.05, 0.1) is 11.8 Å². The number of para-hydroxylation sites is 1. The Morgan fingerprint density at radius 1 is 1.26 bits per heavy atom. The molecule has 1 amide bonds. The van der Waals surface area contributed by atoms with Crippen molar-refractivity contribution in [3.05, 3.63) is 18.2 Å². The summed E-state index contributed by atoms with van der Waals surface area (Å²) in [5, 5.41) is 6.39. The molecular formula is C15H22N2O2. The molecule has 0 fully saturated rings. The summed E-state index contributed by atoms with van der Waals surface area (Å²) in [5.74, 6) is 1.15. The number of amides is 1. The zero-order valence-electron chi connectivity index (χ0n) is 12.0. The fourth-order valence-corrected chi connectivity index (χ4v) is 2.18. The van der Waals surface area contributed by atoms with Crippen LogP contribution in [-0.4, -0.2) is 18.1 Å². The van der Waals surface area contributed by atoms with Gasteiger partial charge in [-0.3, -0.25) is 4.79 Å². The number of fused-ring (bicyclic) bond motifs is 1. The van der Waals surface area contributed by atoms with E-state index < -0.39 is 0 Å². The lowest BCUT2D eigenvalue weighted by Crippen LogP contribution is -2.27. The summed E-state index contributed by atoms with van der Waals surface area (Å²) < 4.78 is 5.76. The predicted molar refractivity (Wildman–Crippen MR) is 77.7 cm³/mol. The van der Waals surface area contributed by atoms with Gasteiger partial charge >= 0.3 is 0 Å². The molecule has 1 aliphatic heterocycles. The van der Waals surface area contributed by atoms with Crippen molar-refractivity contribution < 1.29 is 9.53 Å². The van der Waals surface area contributed by atoms with Gasteiger partial charge in [-0.15, -0.1) is 0 Å². The van der Waals surface area contributed by atoms with Crippen molar-refractivity contribution in [2.24, 2.45) is 5.92 Å². The van der Waals surface area contributed by atoms with Gasteiger partial charge in [-0.05, 0) is 31.9 Å². The van der Waals surface area contributed by atoms with E-state index in [0.29, 0.717) is 12.3 Å². The topological polar surface area (TPSA) is 50.4 Å². The van der Waals surface area contributed by atoms with Gasteiger partial charge in [0.25, 0.3) is 0 Å². The lowest BCUT2D eigenvalue weighted by atomic mass is 10.0. The molecule has 1 unspecified atom stereocenters. The van der Waals surface area contributed by atoms with E-state index in [1.807, 2.05) is 32.0 Å². The highest BCUT2D eigenvalue weighted by molar-refractivity contribution is 5.98. The summed E-state index contributed by atoms with van der Waals surface area (Å²) in [7, 11) is 0. The highest BCUT2D eigenvalue weighted by Gasteiger charge is 2.25. The third-order valence-corrected chi connectivity index (χ3v) is 3.20. The van der Waals surface area contributed by atoms with Crippen LogP contribution in [0, 0.1) is 5.92 Å². The number of carbonyl (C=O) groups excluding carboxylic acids is 1. The zero-order chi connectivity index (χ0) is 14.0. The molecule has 0 radical (unpaired) electrons. The van der Waals surface area contributed by atoms with E-state index in [0.717, 1.165) is 17.1 Å². The predicted octanol–water partition coefficient (Wildman–Crippen LogP) is 3.25. The van der Waals surface area contributed by atoms with Crippen molar-refractivity contribution in [1.29, 1.82) is 0 Å². The number of hydrogen-bond donors (Lipinski definition) is 2. The molecule has 0 saturated carbocycles. The first-order chi connectivity index (χ1) is 8.97. The van der Waals surface area contributed by atoms with Crippen LogP contribution in [0.4, 0.5) is 11.4 Å². The molecule has 0 aromatic heterocycles. The van der Waals surface area contributed by atoms with E-state index in [4.69, 9.17) is 4.74 Å². The van der Waals surface area contributed by atoms with E-state index >= 15 is 0 Å². The Morgan fingerprint density at radius 3 is 2.63 bits per heavy atom. The Balaban J connectivity index is 2.36. The van der Waals surface area contributed by atoms with Gasteiger partial charge in [-0.2, -0.15) is 0 Å². The van der Waals surface area contributed by atoms with Crippen molar-refractivity contribution in [2.45, 2.75) is 46.3 Å². The maximum atomic E-state index is 12.0. The minimum absolute atomic E-state index is 0.0322. The zero-order valence-corrected chi connectivity index (χ0v) is 12.0. The van der Waals surface area contributed by atoms with Crippen molar-refractivity contribution in [2.75, 3.05) is 10.6 Å². The SMILES string of the molecule is CC(C)Oc1cccc2c1NC(=O)CC(C(C)C)N2. The molecular weight excluding hydrogens is 240 g/mol. The van der Waals surface area contributed by atoms with Crippen LogP contribution in [-0.2, 0) is 4.79 Å². The summed E-state index contributed by atoms with van der Waals surface area (Å²) in [5.41, 5.74) is 1.69. The molecule has 0 spiro atoms. The second-order valence-electron chi connectivity index (χ2n) is 5.59. The van der Waals surface area contributed by atoms with E-state index in [2.05, 4.69) is 24.5 Å². The Morgan fingerprint density at radius 2 is 2.00 bits per heavy atom. The van der Waals surface area contributed by atoms with Crippen LogP contribution in [0.1, 0.15) is 34.1 Å². The van der Waals surface area contributed by atoms with Crippen LogP contribution >= 0.6 is 0 Å². The summed E-state index contributed by atoms with van der Waals surface area (Å²) in [6, 6.07) is 5.95. The van der Waals surface area contributed by atoms with E-state index in [-0.39, 0.29) is 18.1 Å². The minimum Gasteiger partial charge on any atom is -0.489 e. The Bertz CT molecular complexity index is 469. The molecule has 1 aromatic rings. The lowest BCUT2D eigenvalue weighted by molar-refractivity contribution is -0.116. The monoisotopic (exact) mass is 262 g/mol. The molecule has 0 bridgehead atoms. The fourth-order valence-electron chi connectivity index (χ4n) is 2.18. The maximum Gasteiger partial charge on any atom is 0.226 e. The molecule has 0 aliphatic carbocycles. The van der Waals surface area contributed by atoms with Crippen molar-refractivity contribution in [1.82, 2.24) is 0 Å². The molecule has 0 saturated heterocycles. The third-order valence-electron chi connectivity index (χ3n) is 3.20. The molecule has 1 aromatic carbocycles. The molecule has 2 N–H and O–H groups in total. The van der Waals surface area contributed by atoms with Crippen molar-refractivity contribution in [3.63, 3.8) is 0 Å². The number of ether oxygens (including phenoxy) is 1. The number of anilines is 2. The molecule has 4 heteroatoms. The van der Waals surface area contributed by atoms with Crippen LogP contribution in [0.2, 0.25) is 0 Å². The molecule has 2 rings (SSSR count). The van der Waals surface area contributed by atoms with Gasteiger partial charge in [0, 0.05) is 12.5 Å². The average Bonchev–Trinajstić information content (AvgIpc) is 2.47. The summed E-state index contributed by atoms with van der Waals surface area (Å²) in [6.07, 6.45) is 0.556. The first kappa shape index (κ1) is 13.7. The van der Waals surface area contributed by atoms with Crippen LogP contribution in [0.15, 0.2) is 18.2 Å². The average molecular weight is 262 g/mol. The normalized spacial score (nSPS) is 18.6. The number of nitrogens with one attached hydrogen (secondary N) is 2. The van der Waals surface area contributed by atoms with E-state index in [1.165, 1.54) is 0 Å². The van der Waals surface area contributed by atoms with Crippen molar-refractivity contribution >= 4 is 17.3 Å². The van der Waals surface area contributed by atoms with Gasteiger partial charge in [0.1, 0.15) is 11.4 Å². The second kappa shape index (κ2) is 5.51. The van der Waals surface area contributed by atoms with E-state index in [9.17, 15) is 4.79 Å². The van der Waals surface area contributed by atoms with Gasteiger partial charge in [0.15, 0.2) is 0 Å². The summed E-state index contributed by atoms with van der Waals surface area (Å²) in [6.45, 7) is 8.18. The first-order valence-corrected chi connectivity index (χ1v) is 6.83. The molecule has 1 atom stereocenters. The lowest BCUT2D eigenvalue weighted by Gasteiger charge is -2.21. The maximum absolute atomic E-state index is 12.0. The van der Waals surface area contributed by atoms with Crippen LogP contribution in [0.5, 0.6) is 5.75 Å². The van der Waals surface area contributed by atoms with Crippen molar-refractivity contribution in [3.8, 4) is 5.75 Å². The highest BCUT2D eigenvalue weighted by Crippen LogP contribution is 2.36. The number of carbonyl (C=O) groups is 1. The fraction of sp³-hybridized carbons (Fsp3) is 0.533. The first-order valence-electron chi connectivity index (χ1n) is 6.83. The van der Waals surface area contributed by atoms with Gasteiger partial charge < -0.3 is 15.4 Å². The largest absolute Gasteiger partial charge is 0.489 e. The van der Waals surface area contributed by atoms with Crippen LogP contribution in [0.25, 0.3) is 0 Å². The summed E-state index contributed by atoms with van der Waals surface area (Å²) >= 11 is 0. The second-order valence-corrected chi connectivity index (χ2v) is 5.59. The van der Waals surface area contributed by atoms with E-state index in [1.54, 1.807) is 0 Å². The number of benzene rings is 1. The molecule has 104 valence electrons. The molecule has 4 nitrogen and oxygen atoms in total. The standard InChI is InChI=1S/C15H22N2O2/c1-9(2)12-8-14(18)17-15-11(16-12)6-5-7-13(15)19-10(3)4/h5-7,9-10,12,16H,8H2,1-4H3,(H,17,18). The van der Waals surface area contributed by atoms with Gasteiger partial charge in [0.2, 0.25) is 5.91 Å². The molecule has 19 heavy (non-hydrogen) atoms. The summed E-state index contributed by atoms with van der Waals surface area (Å²) in [4.78, 5) is 12.0. The Hall–Kier alpha value is -1.71. The Labute approximate surface area is 114 Å². The van der Waals surface area contributed by atoms with Crippen LogP contribution < -0.4 is 15.4 Å². The van der Waals surface area contributed by atoms with Gasteiger partial charge in [-0.1, -0.05) is 19.9 Å². The number of hydrogen-bond acceptors (Lipinski definition) is 3. The number of rotatable bonds is 3. The van der Waals surface area contributed by atoms with Gasteiger partial charge in [-0.25, -0.2) is 0 Å². The quantitative estimate of drug-likeness (QED) is 0.879. The highest BCUT2D eigenvalue weighted by atomic mass is 16.5. The molecule has 1 aliphatic rings. The van der Waals surface area contributed by atoms with Crippen LogP contribution in [0.3, 0.4) is 0 Å². The Kier molecular flexibility index (Phi) is 3.98.